The number of nitrogens with zero attached hydrogens (tertiary/aromatic N) is 1. The van der Waals surface area contributed by atoms with Crippen molar-refractivity contribution in [1.82, 2.24) is 10.3 Å². The zero-order valence-electron chi connectivity index (χ0n) is 18.9. The number of anilines is 1. The molecular formula is C26H29N3O4. The van der Waals surface area contributed by atoms with E-state index in [9.17, 15) is 14.7 Å². The van der Waals surface area contributed by atoms with Gasteiger partial charge >= 0.3 is 5.97 Å². The molecule has 0 spiro atoms. The van der Waals surface area contributed by atoms with E-state index in [2.05, 4.69) is 15.6 Å². The van der Waals surface area contributed by atoms with Crippen molar-refractivity contribution in [3.05, 3.63) is 89.1 Å². The number of aromatic nitrogens is 1. The van der Waals surface area contributed by atoms with Crippen LogP contribution in [0.3, 0.4) is 0 Å². The van der Waals surface area contributed by atoms with Crippen LogP contribution in [0.5, 0.6) is 5.75 Å². The zero-order chi connectivity index (χ0) is 23.6. The van der Waals surface area contributed by atoms with Crippen LogP contribution < -0.4 is 15.4 Å². The van der Waals surface area contributed by atoms with E-state index in [-0.39, 0.29) is 12.3 Å². The molecule has 2 aromatic carbocycles. The third-order valence-electron chi connectivity index (χ3n) is 5.30. The van der Waals surface area contributed by atoms with Crippen LogP contribution in [0.25, 0.3) is 0 Å². The summed E-state index contributed by atoms with van der Waals surface area (Å²) in [5.41, 5.74) is 3.11. The molecule has 7 heteroatoms. The van der Waals surface area contributed by atoms with Gasteiger partial charge in [0, 0.05) is 31.1 Å². The largest absolute Gasteiger partial charge is 0.493 e. The number of nitrogens with one attached hydrogen (secondary N) is 2. The Balaban J connectivity index is 1.56. The number of ether oxygens (including phenoxy) is 1. The molecule has 0 unspecified atom stereocenters. The van der Waals surface area contributed by atoms with E-state index in [1.165, 1.54) is 0 Å². The first-order chi connectivity index (χ1) is 16.0. The van der Waals surface area contributed by atoms with E-state index in [1.54, 1.807) is 24.3 Å². The highest BCUT2D eigenvalue weighted by Gasteiger charge is 2.22. The van der Waals surface area contributed by atoms with Gasteiger partial charge in [-0.2, -0.15) is 0 Å². The zero-order valence-corrected chi connectivity index (χ0v) is 18.9. The van der Waals surface area contributed by atoms with Crippen molar-refractivity contribution < 1.29 is 19.4 Å². The van der Waals surface area contributed by atoms with Crippen LogP contribution in [-0.4, -0.2) is 41.7 Å². The van der Waals surface area contributed by atoms with Gasteiger partial charge in [-0.15, -0.1) is 0 Å². The number of aliphatic carboxylic acids is 1. The van der Waals surface area contributed by atoms with E-state index in [0.717, 1.165) is 22.6 Å². The third-order valence-corrected chi connectivity index (χ3v) is 5.30. The topological polar surface area (TPSA) is 101 Å². The van der Waals surface area contributed by atoms with E-state index in [0.29, 0.717) is 30.8 Å². The Bertz CT molecular complexity index is 1080. The summed E-state index contributed by atoms with van der Waals surface area (Å²) >= 11 is 0. The Hall–Kier alpha value is -3.87. The van der Waals surface area contributed by atoms with Crippen LogP contribution >= 0.6 is 0 Å². The predicted molar refractivity (Wildman–Crippen MR) is 128 cm³/mol. The van der Waals surface area contributed by atoms with Crippen molar-refractivity contribution >= 4 is 17.7 Å². The molecule has 3 N–H and O–H groups in total. The van der Waals surface area contributed by atoms with Crippen molar-refractivity contribution in [2.75, 3.05) is 19.0 Å². The lowest BCUT2D eigenvalue weighted by Gasteiger charge is -2.16. The van der Waals surface area contributed by atoms with Crippen molar-refractivity contribution in [2.45, 2.75) is 32.2 Å². The summed E-state index contributed by atoms with van der Waals surface area (Å²) in [6.45, 7) is 2.44. The SMILES string of the molecule is CCc1ccccc1C(=O)N[C@@H](Cc1ccc(OCCc2cccc(NC)n2)cc1)C(=O)O. The molecule has 33 heavy (non-hydrogen) atoms. The molecule has 1 aromatic heterocycles. The van der Waals surface area contributed by atoms with Crippen molar-refractivity contribution in [1.29, 1.82) is 0 Å². The fourth-order valence-electron chi connectivity index (χ4n) is 3.48. The van der Waals surface area contributed by atoms with Crippen LogP contribution in [0.15, 0.2) is 66.7 Å². The van der Waals surface area contributed by atoms with Crippen LogP contribution in [0.2, 0.25) is 0 Å². The summed E-state index contributed by atoms with van der Waals surface area (Å²) in [5.74, 6) is 0.0520. The van der Waals surface area contributed by atoms with E-state index >= 15 is 0 Å². The second kappa shape index (κ2) is 11.7. The van der Waals surface area contributed by atoms with Crippen molar-refractivity contribution in [3.8, 4) is 5.75 Å². The summed E-state index contributed by atoms with van der Waals surface area (Å²) in [5, 5.41) is 15.3. The van der Waals surface area contributed by atoms with Gasteiger partial charge in [0.1, 0.15) is 17.6 Å². The third kappa shape index (κ3) is 6.80. The molecule has 1 atom stereocenters. The molecule has 0 bridgehead atoms. The second-order valence-electron chi connectivity index (χ2n) is 7.59. The van der Waals surface area contributed by atoms with Crippen LogP contribution in [0.1, 0.15) is 34.1 Å². The number of amides is 1. The number of carboxylic acids is 1. The Kier molecular flexibility index (Phi) is 8.41. The van der Waals surface area contributed by atoms with Gasteiger partial charge in [-0.3, -0.25) is 4.79 Å². The minimum absolute atomic E-state index is 0.177. The lowest BCUT2D eigenvalue weighted by molar-refractivity contribution is -0.139. The average Bonchev–Trinajstić information content (AvgIpc) is 2.84. The van der Waals surface area contributed by atoms with E-state index < -0.39 is 12.0 Å². The highest BCUT2D eigenvalue weighted by molar-refractivity contribution is 5.97. The summed E-state index contributed by atoms with van der Waals surface area (Å²) < 4.78 is 5.79. The summed E-state index contributed by atoms with van der Waals surface area (Å²) in [7, 11) is 1.83. The van der Waals surface area contributed by atoms with E-state index in [1.807, 2.05) is 56.4 Å². The van der Waals surface area contributed by atoms with Gasteiger partial charge in [0.05, 0.1) is 6.61 Å². The monoisotopic (exact) mass is 447 g/mol. The number of benzene rings is 2. The van der Waals surface area contributed by atoms with Crippen molar-refractivity contribution in [3.63, 3.8) is 0 Å². The number of carbonyl (C=O) groups excluding carboxylic acids is 1. The standard InChI is InChI=1S/C26H29N3O4/c1-3-19-7-4-5-9-22(19)25(30)29-23(26(31)32)17-18-11-13-21(14-12-18)33-16-15-20-8-6-10-24(27-2)28-20/h4-14,23H,3,15-17H2,1-2H3,(H,27,28)(H,29,30)(H,31,32)/t23-/m0/s1. The Morgan fingerprint density at radius 1 is 1.03 bits per heavy atom. The molecule has 1 heterocycles. The molecule has 0 aliphatic carbocycles. The first-order valence-corrected chi connectivity index (χ1v) is 11.0. The normalized spacial score (nSPS) is 11.5. The maximum absolute atomic E-state index is 12.7. The summed E-state index contributed by atoms with van der Waals surface area (Å²) in [6, 6.07) is 19.2. The Morgan fingerprint density at radius 2 is 1.79 bits per heavy atom. The number of pyridine rings is 1. The molecule has 1 amide bonds. The van der Waals surface area contributed by atoms with Crippen LogP contribution in [0, 0.1) is 0 Å². The van der Waals surface area contributed by atoms with Crippen LogP contribution in [0.4, 0.5) is 5.82 Å². The van der Waals surface area contributed by atoms with Gasteiger partial charge in [-0.25, -0.2) is 9.78 Å². The van der Waals surface area contributed by atoms with Gasteiger partial charge in [0.2, 0.25) is 0 Å². The minimum atomic E-state index is -1.08. The molecule has 0 radical (unpaired) electrons. The lowest BCUT2D eigenvalue weighted by atomic mass is 10.0. The van der Waals surface area contributed by atoms with Gasteiger partial charge in [-0.1, -0.05) is 43.3 Å². The lowest BCUT2D eigenvalue weighted by Crippen LogP contribution is -2.42. The number of rotatable bonds is 11. The summed E-state index contributed by atoms with van der Waals surface area (Å²) in [4.78, 5) is 28.9. The first kappa shape index (κ1) is 23.8. The van der Waals surface area contributed by atoms with Crippen LogP contribution in [-0.2, 0) is 24.1 Å². The number of hydrogen-bond donors (Lipinski definition) is 3. The Morgan fingerprint density at radius 3 is 2.48 bits per heavy atom. The predicted octanol–water partition coefficient (Wildman–Crippen LogP) is 3.73. The van der Waals surface area contributed by atoms with Crippen molar-refractivity contribution in [2.24, 2.45) is 0 Å². The number of hydrogen-bond acceptors (Lipinski definition) is 5. The highest BCUT2D eigenvalue weighted by Crippen LogP contribution is 2.15. The maximum atomic E-state index is 12.7. The molecule has 172 valence electrons. The molecular weight excluding hydrogens is 418 g/mol. The molecule has 3 rings (SSSR count). The Labute approximate surface area is 193 Å². The average molecular weight is 448 g/mol. The van der Waals surface area contributed by atoms with Gasteiger partial charge in [0.25, 0.3) is 5.91 Å². The fraction of sp³-hybridized carbons (Fsp3) is 0.269. The molecule has 0 fully saturated rings. The van der Waals surface area contributed by atoms with Gasteiger partial charge in [0.15, 0.2) is 0 Å². The minimum Gasteiger partial charge on any atom is -0.493 e. The number of aryl methyl sites for hydroxylation is 1. The second-order valence-corrected chi connectivity index (χ2v) is 7.59. The smallest absolute Gasteiger partial charge is 0.326 e. The molecule has 0 aliphatic rings. The number of carbonyl (C=O) groups is 2. The van der Waals surface area contributed by atoms with Gasteiger partial charge < -0.3 is 20.5 Å². The molecule has 3 aromatic rings. The summed E-state index contributed by atoms with van der Waals surface area (Å²) in [6.07, 6.45) is 1.54. The highest BCUT2D eigenvalue weighted by atomic mass is 16.5. The molecule has 0 saturated heterocycles. The quantitative estimate of drug-likeness (QED) is 0.414. The molecule has 0 saturated carbocycles. The first-order valence-electron chi connectivity index (χ1n) is 11.0. The molecule has 7 nitrogen and oxygen atoms in total. The fourth-order valence-corrected chi connectivity index (χ4v) is 3.48. The number of carboxylic acid groups (broad SMARTS) is 1. The van der Waals surface area contributed by atoms with E-state index in [4.69, 9.17) is 4.74 Å². The van der Waals surface area contributed by atoms with Gasteiger partial charge in [-0.05, 0) is 47.9 Å². The molecule has 0 aliphatic heterocycles. The maximum Gasteiger partial charge on any atom is 0.326 e.